The van der Waals surface area contributed by atoms with Gasteiger partial charge in [0.05, 0.1) is 13.3 Å². The molecule has 6 heteroatoms. The smallest absolute Gasteiger partial charge is 0.267 e. The molecule has 0 saturated carbocycles. The maximum absolute atomic E-state index is 12.1. The summed E-state index contributed by atoms with van der Waals surface area (Å²) in [4.78, 5) is 15.2. The van der Waals surface area contributed by atoms with Gasteiger partial charge in [-0.3, -0.25) is 9.48 Å². The second-order valence-corrected chi connectivity index (χ2v) is 4.84. The van der Waals surface area contributed by atoms with E-state index in [2.05, 4.69) is 15.4 Å². The van der Waals surface area contributed by atoms with Gasteiger partial charge >= 0.3 is 0 Å². The summed E-state index contributed by atoms with van der Waals surface area (Å²) in [5.74, 6) is 0.623. The summed E-state index contributed by atoms with van der Waals surface area (Å²) in [6.45, 7) is 0.450. The van der Waals surface area contributed by atoms with Gasteiger partial charge in [-0.1, -0.05) is 0 Å². The van der Waals surface area contributed by atoms with Crippen LogP contribution >= 0.6 is 0 Å². The molecule has 0 unspecified atom stereocenters. The Morgan fingerprint density at radius 3 is 3.00 bits per heavy atom. The number of amides is 1. The highest BCUT2D eigenvalue weighted by Gasteiger charge is 2.10. The topological polar surface area (TPSA) is 71.9 Å². The molecule has 2 aromatic heterocycles. The molecule has 2 heterocycles. The number of H-pyrrole nitrogens is 1. The molecule has 108 valence electrons. The van der Waals surface area contributed by atoms with E-state index in [0.29, 0.717) is 12.2 Å². The predicted octanol–water partition coefficient (Wildman–Crippen LogP) is 1.84. The van der Waals surface area contributed by atoms with Gasteiger partial charge in [0.15, 0.2) is 0 Å². The van der Waals surface area contributed by atoms with E-state index in [-0.39, 0.29) is 5.91 Å². The largest absolute Gasteiger partial charge is 0.497 e. The number of benzene rings is 1. The number of aryl methyl sites for hydroxylation is 1. The van der Waals surface area contributed by atoms with E-state index < -0.39 is 0 Å². The van der Waals surface area contributed by atoms with Crippen LogP contribution in [0.3, 0.4) is 0 Å². The maximum Gasteiger partial charge on any atom is 0.267 e. The number of nitrogens with zero attached hydrogens (tertiary/aromatic N) is 2. The molecule has 0 atom stereocenters. The van der Waals surface area contributed by atoms with Crippen LogP contribution in [0.5, 0.6) is 5.75 Å². The van der Waals surface area contributed by atoms with Crippen molar-refractivity contribution in [3.05, 3.63) is 47.9 Å². The maximum atomic E-state index is 12.1. The molecule has 21 heavy (non-hydrogen) atoms. The fraction of sp³-hybridized carbons (Fsp3) is 0.200. The van der Waals surface area contributed by atoms with Crippen LogP contribution in [0, 0.1) is 0 Å². The van der Waals surface area contributed by atoms with Gasteiger partial charge < -0.3 is 15.0 Å². The lowest BCUT2D eigenvalue weighted by Crippen LogP contribution is -2.22. The number of aromatic nitrogens is 3. The van der Waals surface area contributed by atoms with E-state index in [0.717, 1.165) is 22.2 Å². The molecule has 3 rings (SSSR count). The molecule has 2 N–H and O–H groups in total. The van der Waals surface area contributed by atoms with Crippen LogP contribution in [0.1, 0.15) is 16.1 Å². The Balaban J connectivity index is 1.75. The van der Waals surface area contributed by atoms with Gasteiger partial charge in [0.1, 0.15) is 11.4 Å². The van der Waals surface area contributed by atoms with Crippen molar-refractivity contribution in [1.82, 2.24) is 20.1 Å². The van der Waals surface area contributed by atoms with Crippen LogP contribution in [0.15, 0.2) is 36.7 Å². The number of carbonyl (C=O) groups is 1. The minimum atomic E-state index is -0.144. The van der Waals surface area contributed by atoms with E-state index in [4.69, 9.17) is 4.74 Å². The molecular formula is C15H16N4O2. The Morgan fingerprint density at radius 1 is 1.43 bits per heavy atom. The summed E-state index contributed by atoms with van der Waals surface area (Å²) in [5, 5.41) is 7.87. The van der Waals surface area contributed by atoms with Crippen molar-refractivity contribution >= 4 is 16.8 Å². The summed E-state index contributed by atoms with van der Waals surface area (Å²) >= 11 is 0. The second kappa shape index (κ2) is 5.32. The molecular weight excluding hydrogens is 268 g/mol. The summed E-state index contributed by atoms with van der Waals surface area (Å²) < 4.78 is 6.88. The molecule has 0 saturated heterocycles. The summed E-state index contributed by atoms with van der Waals surface area (Å²) in [6.07, 6.45) is 3.60. The van der Waals surface area contributed by atoms with Gasteiger partial charge in [0.25, 0.3) is 5.91 Å². The average Bonchev–Trinajstić information content (AvgIpc) is 3.09. The summed E-state index contributed by atoms with van der Waals surface area (Å²) in [6, 6.07) is 7.46. The van der Waals surface area contributed by atoms with Crippen LogP contribution in [-0.2, 0) is 13.6 Å². The van der Waals surface area contributed by atoms with Crippen LogP contribution < -0.4 is 10.1 Å². The molecule has 0 radical (unpaired) electrons. The molecule has 3 aromatic rings. The van der Waals surface area contributed by atoms with Crippen molar-refractivity contribution in [3.63, 3.8) is 0 Å². The van der Waals surface area contributed by atoms with Crippen molar-refractivity contribution in [2.45, 2.75) is 6.54 Å². The first-order valence-corrected chi connectivity index (χ1v) is 6.58. The normalized spacial score (nSPS) is 10.8. The van der Waals surface area contributed by atoms with E-state index >= 15 is 0 Å². The molecule has 0 spiro atoms. The van der Waals surface area contributed by atoms with Gasteiger partial charge in [-0.25, -0.2) is 0 Å². The first-order valence-electron chi connectivity index (χ1n) is 6.58. The average molecular weight is 284 g/mol. The fourth-order valence-electron chi connectivity index (χ4n) is 2.20. The third-order valence-corrected chi connectivity index (χ3v) is 3.28. The lowest BCUT2D eigenvalue weighted by Gasteiger charge is -2.00. The Labute approximate surface area is 121 Å². The quantitative estimate of drug-likeness (QED) is 0.768. The number of methoxy groups -OCH3 is 1. The van der Waals surface area contributed by atoms with Crippen molar-refractivity contribution in [3.8, 4) is 5.75 Å². The Morgan fingerprint density at radius 2 is 2.29 bits per heavy atom. The Kier molecular flexibility index (Phi) is 3.35. The standard InChI is InChI=1S/C15H16N4O2/c1-19-9-10(8-17-19)7-16-15(20)14-6-11-5-12(21-2)3-4-13(11)18-14/h3-6,8-9,18H,7H2,1-2H3,(H,16,20). The fourth-order valence-corrected chi connectivity index (χ4v) is 2.20. The van der Waals surface area contributed by atoms with Gasteiger partial charge in [0, 0.05) is 36.3 Å². The molecule has 0 aliphatic rings. The molecule has 0 bridgehead atoms. The minimum Gasteiger partial charge on any atom is -0.497 e. The van der Waals surface area contributed by atoms with Crippen molar-refractivity contribution in [2.24, 2.45) is 7.05 Å². The highest BCUT2D eigenvalue weighted by Crippen LogP contribution is 2.21. The third kappa shape index (κ3) is 2.74. The monoisotopic (exact) mass is 284 g/mol. The van der Waals surface area contributed by atoms with Crippen LogP contribution in [0.4, 0.5) is 0 Å². The van der Waals surface area contributed by atoms with Gasteiger partial charge in [-0.2, -0.15) is 5.10 Å². The zero-order valence-corrected chi connectivity index (χ0v) is 11.9. The highest BCUT2D eigenvalue weighted by molar-refractivity contribution is 5.98. The van der Waals surface area contributed by atoms with Gasteiger partial charge in [-0.15, -0.1) is 0 Å². The van der Waals surface area contributed by atoms with Crippen LogP contribution in [-0.4, -0.2) is 27.8 Å². The van der Waals surface area contributed by atoms with E-state index in [1.165, 1.54) is 0 Å². The summed E-state index contributed by atoms with van der Waals surface area (Å²) in [5.41, 5.74) is 2.40. The van der Waals surface area contributed by atoms with Crippen LogP contribution in [0.25, 0.3) is 10.9 Å². The highest BCUT2D eigenvalue weighted by atomic mass is 16.5. The molecule has 0 fully saturated rings. The second-order valence-electron chi connectivity index (χ2n) is 4.84. The van der Waals surface area contributed by atoms with Crippen molar-refractivity contribution < 1.29 is 9.53 Å². The van der Waals surface area contributed by atoms with E-state index in [1.54, 1.807) is 18.0 Å². The number of ether oxygens (including phenoxy) is 1. The SMILES string of the molecule is COc1ccc2[nH]c(C(=O)NCc3cnn(C)c3)cc2c1. The van der Waals surface area contributed by atoms with Gasteiger partial charge in [0.2, 0.25) is 0 Å². The van der Waals surface area contributed by atoms with Crippen molar-refractivity contribution in [2.75, 3.05) is 7.11 Å². The van der Waals surface area contributed by atoms with Crippen LogP contribution in [0.2, 0.25) is 0 Å². The van der Waals surface area contributed by atoms with E-state index in [1.807, 2.05) is 37.5 Å². The number of nitrogens with one attached hydrogen (secondary N) is 2. The predicted molar refractivity (Wildman–Crippen MR) is 79.2 cm³/mol. The number of fused-ring (bicyclic) bond motifs is 1. The molecule has 1 aromatic carbocycles. The zero-order valence-electron chi connectivity index (χ0n) is 11.9. The summed E-state index contributed by atoms with van der Waals surface area (Å²) in [7, 11) is 3.46. The van der Waals surface area contributed by atoms with Crippen molar-refractivity contribution in [1.29, 1.82) is 0 Å². The molecule has 6 nitrogen and oxygen atoms in total. The lowest BCUT2D eigenvalue weighted by atomic mass is 10.2. The third-order valence-electron chi connectivity index (χ3n) is 3.28. The van der Waals surface area contributed by atoms with E-state index in [9.17, 15) is 4.79 Å². The number of rotatable bonds is 4. The Hall–Kier alpha value is -2.76. The first-order chi connectivity index (χ1) is 10.2. The lowest BCUT2D eigenvalue weighted by molar-refractivity contribution is 0.0947. The number of hydrogen-bond acceptors (Lipinski definition) is 3. The minimum absolute atomic E-state index is 0.144. The number of hydrogen-bond donors (Lipinski definition) is 2. The zero-order chi connectivity index (χ0) is 14.8. The molecule has 0 aliphatic carbocycles. The number of aromatic amines is 1. The molecule has 1 amide bonds. The number of carbonyl (C=O) groups excluding carboxylic acids is 1. The molecule has 0 aliphatic heterocycles. The van der Waals surface area contributed by atoms with Gasteiger partial charge in [-0.05, 0) is 24.3 Å². The first kappa shape index (κ1) is 13.2. The Bertz CT molecular complexity index is 788.